The number of nitrogens with one attached hydrogen (secondary N) is 1. The van der Waals surface area contributed by atoms with Gasteiger partial charge in [-0.15, -0.1) is 0 Å². The Bertz CT molecular complexity index is 574. The fourth-order valence-corrected chi connectivity index (χ4v) is 2.68. The zero-order valence-electron chi connectivity index (χ0n) is 12.2. The highest BCUT2D eigenvalue weighted by molar-refractivity contribution is 7.89. The van der Waals surface area contributed by atoms with Crippen LogP contribution < -0.4 is 10.5 Å². The smallest absolute Gasteiger partial charge is 0.240 e. The monoisotopic (exact) mass is 331 g/mol. The number of nitrogens with zero attached hydrogens (tertiary/aromatic N) is 1. The van der Waals surface area contributed by atoms with Gasteiger partial charge in [-0.1, -0.05) is 24.4 Å². The van der Waals surface area contributed by atoms with Gasteiger partial charge in [0.2, 0.25) is 10.0 Å². The Labute approximate surface area is 131 Å². The van der Waals surface area contributed by atoms with Crippen LogP contribution in [0, 0.1) is 0 Å². The number of rotatable bonds is 9. The van der Waals surface area contributed by atoms with Gasteiger partial charge in [-0.25, -0.2) is 13.1 Å². The van der Waals surface area contributed by atoms with Gasteiger partial charge < -0.3 is 15.4 Å². The number of ether oxygens (including phenoxy) is 1. The molecule has 0 bridgehead atoms. The van der Waals surface area contributed by atoms with E-state index in [-0.39, 0.29) is 16.4 Å². The average molecular weight is 331 g/mol. The molecule has 0 saturated heterocycles. The van der Waals surface area contributed by atoms with E-state index < -0.39 is 10.0 Å². The molecular weight excluding hydrogens is 310 g/mol. The van der Waals surface area contributed by atoms with Crippen LogP contribution in [0.1, 0.15) is 5.56 Å². The summed E-state index contributed by atoms with van der Waals surface area (Å²) >= 11 is 4.84. The number of sulfonamides is 1. The van der Waals surface area contributed by atoms with Crippen molar-refractivity contribution >= 4 is 27.2 Å². The number of nitrogens with two attached hydrogens (primary N) is 1. The third-order valence-electron chi connectivity index (χ3n) is 2.65. The fourth-order valence-electron chi connectivity index (χ4n) is 1.50. The Morgan fingerprint density at radius 2 is 2.10 bits per heavy atom. The van der Waals surface area contributed by atoms with Crippen LogP contribution in [0.25, 0.3) is 0 Å². The fraction of sp³-hybridized carbons (Fsp3) is 0.462. The average Bonchev–Trinajstić information content (AvgIpc) is 2.42. The molecule has 0 unspecified atom stereocenters. The second-order valence-electron chi connectivity index (χ2n) is 4.71. The first-order valence-electron chi connectivity index (χ1n) is 6.45. The van der Waals surface area contributed by atoms with Crippen molar-refractivity contribution in [2.24, 2.45) is 5.73 Å². The summed E-state index contributed by atoms with van der Waals surface area (Å²) in [7, 11) is 0.315. The lowest BCUT2D eigenvalue weighted by atomic mass is 10.2. The Hall–Kier alpha value is -1.06. The third kappa shape index (κ3) is 6.49. The molecule has 6 nitrogen and oxygen atoms in total. The van der Waals surface area contributed by atoms with Gasteiger partial charge in [0.1, 0.15) is 4.99 Å². The van der Waals surface area contributed by atoms with E-state index in [9.17, 15) is 8.42 Å². The van der Waals surface area contributed by atoms with Gasteiger partial charge >= 0.3 is 0 Å². The Morgan fingerprint density at radius 3 is 2.71 bits per heavy atom. The van der Waals surface area contributed by atoms with Crippen molar-refractivity contribution in [3.63, 3.8) is 0 Å². The molecule has 0 heterocycles. The summed E-state index contributed by atoms with van der Waals surface area (Å²) in [5.74, 6) is 0. The maximum Gasteiger partial charge on any atom is 0.240 e. The molecule has 0 atom stereocenters. The lowest BCUT2D eigenvalue weighted by Gasteiger charge is -2.11. The van der Waals surface area contributed by atoms with Crippen LogP contribution in [0.15, 0.2) is 29.2 Å². The van der Waals surface area contributed by atoms with Crippen molar-refractivity contribution in [1.82, 2.24) is 9.62 Å². The number of hydrogen-bond donors (Lipinski definition) is 2. The number of thiocarbonyl (C=S) groups is 1. The highest BCUT2D eigenvalue weighted by Gasteiger charge is 2.14. The van der Waals surface area contributed by atoms with Crippen molar-refractivity contribution in [3.8, 4) is 0 Å². The first-order chi connectivity index (χ1) is 9.83. The van der Waals surface area contributed by atoms with Gasteiger partial charge in [0.05, 0.1) is 18.1 Å². The topological polar surface area (TPSA) is 84.7 Å². The van der Waals surface area contributed by atoms with Gasteiger partial charge in [-0.2, -0.15) is 0 Å². The molecule has 0 fully saturated rings. The summed E-state index contributed by atoms with van der Waals surface area (Å²) in [6.45, 7) is 1.89. The predicted molar refractivity (Wildman–Crippen MR) is 86.9 cm³/mol. The highest BCUT2D eigenvalue weighted by Crippen LogP contribution is 2.11. The molecule has 1 rings (SSSR count). The number of hydrogen-bond acceptors (Lipinski definition) is 5. The molecule has 0 radical (unpaired) electrons. The predicted octanol–water partition coefficient (Wildman–Crippen LogP) is 0.177. The van der Waals surface area contributed by atoms with Gasteiger partial charge in [-0.3, -0.25) is 0 Å². The molecule has 21 heavy (non-hydrogen) atoms. The maximum absolute atomic E-state index is 12.1. The largest absolute Gasteiger partial charge is 0.389 e. The Morgan fingerprint density at radius 1 is 1.38 bits per heavy atom. The minimum atomic E-state index is -3.58. The summed E-state index contributed by atoms with van der Waals surface area (Å²) in [5, 5.41) is 0. The first-order valence-corrected chi connectivity index (χ1v) is 8.34. The summed E-state index contributed by atoms with van der Waals surface area (Å²) in [5.41, 5.74) is 6.02. The van der Waals surface area contributed by atoms with Crippen molar-refractivity contribution < 1.29 is 13.2 Å². The molecule has 0 aliphatic carbocycles. The van der Waals surface area contributed by atoms with E-state index in [4.69, 9.17) is 22.7 Å². The molecule has 0 spiro atoms. The normalized spacial score (nSPS) is 11.8. The molecule has 0 aliphatic heterocycles. The highest BCUT2D eigenvalue weighted by atomic mass is 32.2. The standard InChI is InChI=1S/C13H21N3O3S2/c1-16(2)7-9-19-8-6-15-21(17,18)12-5-3-4-11(10-12)13(14)20/h3-5,10,15H,6-9H2,1-2H3,(H2,14,20). The summed E-state index contributed by atoms with van der Waals surface area (Å²) in [6.07, 6.45) is 0. The van der Waals surface area contributed by atoms with Gasteiger partial charge in [-0.05, 0) is 26.2 Å². The second kappa shape index (κ2) is 8.40. The van der Waals surface area contributed by atoms with E-state index in [1.807, 2.05) is 19.0 Å². The molecular formula is C13H21N3O3S2. The molecule has 0 aromatic heterocycles. The summed E-state index contributed by atoms with van der Waals surface area (Å²) < 4.78 is 32.0. The van der Waals surface area contributed by atoms with Crippen LogP contribution in [0.5, 0.6) is 0 Å². The second-order valence-corrected chi connectivity index (χ2v) is 6.91. The summed E-state index contributed by atoms with van der Waals surface area (Å²) in [6, 6.07) is 6.23. The molecule has 118 valence electrons. The van der Waals surface area contributed by atoms with Crippen molar-refractivity contribution in [2.45, 2.75) is 4.90 Å². The van der Waals surface area contributed by atoms with Crippen molar-refractivity contribution in [1.29, 1.82) is 0 Å². The van der Waals surface area contributed by atoms with Crippen molar-refractivity contribution in [3.05, 3.63) is 29.8 Å². The van der Waals surface area contributed by atoms with E-state index in [0.717, 1.165) is 6.54 Å². The zero-order chi connectivity index (χ0) is 15.9. The van der Waals surface area contributed by atoms with Crippen molar-refractivity contribution in [2.75, 3.05) is 40.4 Å². The van der Waals surface area contributed by atoms with Crippen LogP contribution in [-0.2, 0) is 14.8 Å². The van der Waals surface area contributed by atoms with E-state index in [1.54, 1.807) is 12.1 Å². The minimum absolute atomic E-state index is 0.140. The molecule has 0 amide bonds. The molecule has 0 saturated carbocycles. The molecule has 1 aromatic rings. The third-order valence-corrected chi connectivity index (χ3v) is 4.34. The zero-order valence-corrected chi connectivity index (χ0v) is 13.8. The Kier molecular flexibility index (Phi) is 7.20. The van der Waals surface area contributed by atoms with Crippen LogP contribution in [-0.4, -0.2) is 58.7 Å². The van der Waals surface area contributed by atoms with Crippen LogP contribution in [0.2, 0.25) is 0 Å². The van der Waals surface area contributed by atoms with Crippen LogP contribution >= 0.6 is 12.2 Å². The SMILES string of the molecule is CN(C)CCOCCNS(=O)(=O)c1cccc(C(N)=S)c1. The maximum atomic E-state index is 12.1. The van der Waals surface area contributed by atoms with Gasteiger partial charge in [0.25, 0.3) is 0 Å². The molecule has 8 heteroatoms. The molecule has 3 N–H and O–H groups in total. The summed E-state index contributed by atoms with van der Waals surface area (Å²) in [4.78, 5) is 2.30. The minimum Gasteiger partial charge on any atom is -0.389 e. The van der Waals surface area contributed by atoms with Gasteiger partial charge in [0.15, 0.2) is 0 Å². The van der Waals surface area contributed by atoms with Gasteiger partial charge in [0, 0.05) is 18.7 Å². The van der Waals surface area contributed by atoms with E-state index >= 15 is 0 Å². The quantitative estimate of drug-likeness (QED) is 0.496. The lowest BCUT2D eigenvalue weighted by Crippen LogP contribution is -2.28. The van der Waals surface area contributed by atoms with Crippen LogP contribution in [0.4, 0.5) is 0 Å². The number of likely N-dealkylation sites (N-methyl/N-ethyl adjacent to an activating group) is 1. The molecule has 0 aliphatic rings. The van der Waals surface area contributed by atoms with E-state index in [1.165, 1.54) is 12.1 Å². The molecule has 1 aromatic carbocycles. The van der Waals surface area contributed by atoms with E-state index in [2.05, 4.69) is 4.72 Å². The van der Waals surface area contributed by atoms with E-state index in [0.29, 0.717) is 18.8 Å². The van der Waals surface area contributed by atoms with Crippen LogP contribution in [0.3, 0.4) is 0 Å². The first kappa shape index (κ1) is 18.0. The lowest BCUT2D eigenvalue weighted by molar-refractivity contribution is 0.122. The Balaban J connectivity index is 2.50. The number of benzene rings is 1.